The van der Waals surface area contributed by atoms with Gasteiger partial charge < -0.3 is 15.5 Å². The number of aromatic hydroxyl groups is 2. The Balaban J connectivity index is 2.54. The van der Waals surface area contributed by atoms with Crippen LogP contribution in [0.25, 0.3) is 0 Å². The van der Waals surface area contributed by atoms with Crippen molar-refractivity contribution >= 4 is 5.91 Å². The molecule has 0 radical (unpaired) electrons. The largest absolute Gasteiger partial charge is 0.508 e. The zero-order valence-electron chi connectivity index (χ0n) is 10.9. The first kappa shape index (κ1) is 14.4. The molecule has 0 aromatic heterocycles. The second kappa shape index (κ2) is 6.89. The number of amides is 1. The van der Waals surface area contributed by atoms with E-state index in [0.29, 0.717) is 0 Å². The van der Waals surface area contributed by atoms with Crippen LogP contribution in [0.1, 0.15) is 49.9 Å². The van der Waals surface area contributed by atoms with E-state index >= 15 is 0 Å². The lowest BCUT2D eigenvalue weighted by Gasteiger charge is -2.13. The van der Waals surface area contributed by atoms with Crippen LogP contribution in [0.5, 0.6) is 11.5 Å². The molecule has 0 saturated heterocycles. The molecule has 0 saturated carbocycles. The van der Waals surface area contributed by atoms with Crippen LogP contribution < -0.4 is 5.32 Å². The molecule has 18 heavy (non-hydrogen) atoms. The summed E-state index contributed by atoms with van der Waals surface area (Å²) in [6, 6.07) is 3.97. The number of nitrogens with one attached hydrogen (secondary N) is 1. The number of phenolic OH excluding ortho intramolecular Hbond substituents is 2. The topological polar surface area (TPSA) is 69.6 Å². The predicted octanol–water partition coefficient (Wildman–Crippen LogP) is 2.80. The minimum atomic E-state index is -0.273. The highest BCUT2D eigenvalue weighted by molar-refractivity contribution is 5.95. The number of hydrogen-bond acceptors (Lipinski definition) is 3. The van der Waals surface area contributed by atoms with Gasteiger partial charge in [-0.15, -0.1) is 0 Å². The van der Waals surface area contributed by atoms with Gasteiger partial charge in [0.2, 0.25) is 0 Å². The smallest absolute Gasteiger partial charge is 0.251 e. The van der Waals surface area contributed by atoms with Crippen LogP contribution in [0.4, 0.5) is 0 Å². The van der Waals surface area contributed by atoms with Crippen molar-refractivity contribution in [1.29, 1.82) is 0 Å². The standard InChI is InChI=1S/C14H21NO3/c1-3-4-5-6-10(2)15-14(18)11-7-12(16)9-13(17)8-11/h7-10,16-17H,3-6H2,1-2H3,(H,15,18). The zero-order chi connectivity index (χ0) is 13.5. The van der Waals surface area contributed by atoms with Crippen molar-refractivity contribution in [1.82, 2.24) is 5.32 Å². The van der Waals surface area contributed by atoms with Crippen molar-refractivity contribution in [3.63, 3.8) is 0 Å². The van der Waals surface area contributed by atoms with Gasteiger partial charge in [0.15, 0.2) is 0 Å². The molecule has 0 aliphatic heterocycles. The molecule has 100 valence electrons. The minimum absolute atomic E-state index is 0.0912. The van der Waals surface area contributed by atoms with E-state index in [1.54, 1.807) is 0 Å². The lowest BCUT2D eigenvalue weighted by Crippen LogP contribution is -2.32. The number of hydrogen-bond donors (Lipinski definition) is 3. The molecule has 4 heteroatoms. The number of rotatable bonds is 6. The maximum absolute atomic E-state index is 11.9. The highest BCUT2D eigenvalue weighted by atomic mass is 16.3. The Morgan fingerprint density at radius 3 is 2.39 bits per heavy atom. The lowest BCUT2D eigenvalue weighted by molar-refractivity contribution is 0.0937. The van der Waals surface area contributed by atoms with Crippen LogP contribution in [0.2, 0.25) is 0 Å². The quantitative estimate of drug-likeness (QED) is 0.681. The average Bonchev–Trinajstić information content (AvgIpc) is 2.28. The monoisotopic (exact) mass is 251 g/mol. The Bertz CT molecular complexity index is 384. The van der Waals surface area contributed by atoms with E-state index in [4.69, 9.17) is 0 Å². The molecule has 0 heterocycles. The second-order valence-corrected chi connectivity index (χ2v) is 4.61. The molecule has 0 aliphatic rings. The molecule has 4 nitrogen and oxygen atoms in total. The van der Waals surface area contributed by atoms with E-state index in [-0.39, 0.29) is 29.0 Å². The fourth-order valence-corrected chi connectivity index (χ4v) is 1.81. The minimum Gasteiger partial charge on any atom is -0.508 e. The number of unbranched alkanes of at least 4 members (excludes halogenated alkanes) is 2. The van der Waals surface area contributed by atoms with Crippen LogP contribution in [0.15, 0.2) is 18.2 Å². The van der Waals surface area contributed by atoms with Crippen LogP contribution in [0, 0.1) is 0 Å². The molecule has 0 fully saturated rings. The van der Waals surface area contributed by atoms with Crippen molar-refractivity contribution < 1.29 is 15.0 Å². The molecular weight excluding hydrogens is 230 g/mol. The van der Waals surface area contributed by atoms with Crippen LogP contribution in [0.3, 0.4) is 0 Å². The number of carbonyl (C=O) groups is 1. The maximum Gasteiger partial charge on any atom is 0.251 e. The Hall–Kier alpha value is -1.71. The summed E-state index contributed by atoms with van der Waals surface area (Å²) in [5.41, 5.74) is 0.273. The first-order valence-electron chi connectivity index (χ1n) is 6.36. The van der Waals surface area contributed by atoms with Crippen molar-refractivity contribution in [3.05, 3.63) is 23.8 Å². The maximum atomic E-state index is 11.9. The summed E-state index contributed by atoms with van der Waals surface area (Å²) < 4.78 is 0. The third-order valence-electron chi connectivity index (χ3n) is 2.78. The number of benzene rings is 1. The van der Waals surface area contributed by atoms with E-state index in [9.17, 15) is 15.0 Å². The molecule has 1 rings (SSSR count). The van der Waals surface area contributed by atoms with Crippen LogP contribution >= 0.6 is 0 Å². The van der Waals surface area contributed by atoms with Gasteiger partial charge in [-0.1, -0.05) is 26.2 Å². The van der Waals surface area contributed by atoms with E-state index in [0.717, 1.165) is 25.7 Å². The summed E-state index contributed by atoms with van der Waals surface area (Å²) in [7, 11) is 0. The lowest BCUT2D eigenvalue weighted by atomic mass is 10.1. The van der Waals surface area contributed by atoms with E-state index in [1.807, 2.05) is 6.92 Å². The van der Waals surface area contributed by atoms with E-state index < -0.39 is 0 Å². The molecule has 0 aliphatic carbocycles. The van der Waals surface area contributed by atoms with Gasteiger partial charge in [0.25, 0.3) is 5.91 Å². The summed E-state index contributed by atoms with van der Waals surface area (Å²) >= 11 is 0. The fraction of sp³-hybridized carbons (Fsp3) is 0.500. The van der Waals surface area contributed by atoms with Crippen molar-refractivity contribution in [2.75, 3.05) is 0 Å². The third kappa shape index (κ3) is 4.65. The Morgan fingerprint density at radius 1 is 1.22 bits per heavy atom. The van der Waals surface area contributed by atoms with Crippen molar-refractivity contribution in [2.45, 2.75) is 45.6 Å². The first-order valence-corrected chi connectivity index (χ1v) is 6.36. The summed E-state index contributed by atoms with van der Waals surface area (Å²) in [4.78, 5) is 11.9. The summed E-state index contributed by atoms with van der Waals surface area (Å²) in [6.07, 6.45) is 4.34. The van der Waals surface area contributed by atoms with Gasteiger partial charge >= 0.3 is 0 Å². The Labute approximate surface area is 108 Å². The Kier molecular flexibility index (Phi) is 5.49. The normalized spacial score (nSPS) is 12.1. The van der Waals surface area contributed by atoms with E-state index in [2.05, 4.69) is 12.2 Å². The summed E-state index contributed by atoms with van der Waals surface area (Å²) in [6.45, 7) is 4.09. The fourth-order valence-electron chi connectivity index (χ4n) is 1.81. The van der Waals surface area contributed by atoms with E-state index in [1.165, 1.54) is 18.2 Å². The van der Waals surface area contributed by atoms with Gasteiger partial charge in [-0.25, -0.2) is 0 Å². The Morgan fingerprint density at radius 2 is 1.83 bits per heavy atom. The zero-order valence-corrected chi connectivity index (χ0v) is 10.9. The third-order valence-corrected chi connectivity index (χ3v) is 2.78. The molecule has 1 unspecified atom stereocenters. The summed E-state index contributed by atoms with van der Waals surface area (Å²) in [5, 5.41) is 21.5. The molecule has 1 aromatic rings. The SMILES string of the molecule is CCCCCC(C)NC(=O)c1cc(O)cc(O)c1. The van der Waals surface area contributed by atoms with Crippen LogP contribution in [-0.2, 0) is 0 Å². The van der Waals surface area contributed by atoms with Gasteiger partial charge in [0.05, 0.1) is 0 Å². The molecule has 1 amide bonds. The van der Waals surface area contributed by atoms with Crippen molar-refractivity contribution in [2.24, 2.45) is 0 Å². The van der Waals surface area contributed by atoms with Gasteiger partial charge in [-0.2, -0.15) is 0 Å². The first-order chi connectivity index (χ1) is 8.52. The van der Waals surface area contributed by atoms with Gasteiger partial charge in [-0.3, -0.25) is 4.79 Å². The number of carbonyl (C=O) groups excluding carboxylic acids is 1. The van der Waals surface area contributed by atoms with Crippen molar-refractivity contribution in [3.8, 4) is 11.5 Å². The molecular formula is C14H21NO3. The average molecular weight is 251 g/mol. The molecule has 1 atom stereocenters. The molecule has 3 N–H and O–H groups in total. The molecule has 1 aromatic carbocycles. The van der Waals surface area contributed by atoms with Gasteiger partial charge in [0.1, 0.15) is 11.5 Å². The van der Waals surface area contributed by atoms with Crippen LogP contribution in [-0.4, -0.2) is 22.2 Å². The number of phenols is 2. The predicted molar refractivity (Wildman–Crippen MR) is 70.8 cm³/mol. The highest BCUT2D eigenvalue weighted by Gasteiger charge is 2.11. The molecule has 0 bridgehead atoms. The van der Waals surface area contributed by atoms with Gasteiger partial charge in [-0.05, 0) is 25.5 Å². The summed E-state index contributed by atoms with van der Waals surface area (Å²) in [5.74, 6) is -0.497. The highest BCUT2D eigenvalue weighted by Crippen LogP contribution is 2.20. The molecule has 0 spiro atoms. The second-order valence-electron chi connectivity index (χ2n) is 4.61. The van der Waals surface area contributed by atoms with Gasteiger partial charge in [0, 0.05) is 17.7 Å².